The third kappa shape index (κ3) is 30.3. The van der Waals surface area contributed by atoms with E-state index in [0.29, 0.717) is 57.7 Å². The molecule has 1 aromatic carbocycles. The molecule has 0 aliphatic carbocycles. The number of rotatable bonds is 37. The van der Waals surface area contributed by atoms with Gasteiger partial charge in [-0.25, -0.2) is 13.2 Å². The van der Waals surface area contributed by atoms with E-state index in [-0.39, 0.29) is 101 Å². The van der Waals surface area contributed by atoms with Crippen molar-refractivity contribution in [1.29, 1.82) is 0 Å². The Hall–Kier alpha value is -6.01. The van der Waals surface area contributed by atoms with Gasteiger partial charge < -0.3 is 35.6 Å². The van der Waals surface area contributed by atoms with Crippen molar-refractivity contribution in [2.45, 2.75) is 129 Å². The molecular formula is C44H68N8O15S. The Balaban J connectivity index is 0.00000107. The minimum Gasteiger partial charge on any atom is -0.481 e. The average molecular weight is 981 g/mol. The number of carbonyl (C=O) groups is 9. The average Bonchev–Trinajstić information content (AvgIpc) is 3.80. The van der Waals surface area contributed by atoms with Crippen molar-refractivity contribution in [1.82, 2.24) is 41.3 Å². The number of H-pyrrole nitrogens is 1. The Morgan fingerprint density at radius 3 is 2.01 bits per heavy atom. The zero-order valence-electron chi connectivity index (χ0n) is 39.2. The summed E-state index contributed by atoms with van der Waals surface area (Å²) in [6, 6.07) is 6.20. The molecule has 4 amide bonds. The molecule has 380 valence electrons. The number of carbonyl (C=O) groups excluding carboxylic acids is 7. The van der Waals surface area contributed by atoms with E-state index in [0.717, 1.165) is 17.5 Å². The predicted molar refractivity (Wildman–Crippen MR) is 244 cm³/mol. The summed E-state index contributed by atoms with van der Waals surface area (Å²) in [6.07, 6.45) is 2.14. The number of sulfonamides is 1. The van der Waals surface area contributed by atoms with Crippen molar-refractivity contribution in [2.75, 3.05) is 45.8 Å². The smallest absolute Gasteiger partial charge is 0.326 e. The van der Waals surface area contributed by atoms with Crippen LogP contribution in [0.5, 0.6) is 0 Å². The molecule has 24 heteroatoms. The molecule has 0 aliphatic heterocycles. The molecule has 1 heterocycles. The molecule has 0 radical (unpaired) electrons. The molecule has 0 bridgehead atoms. The number of methoxy groups -OCH3 is 1. The van der Waals surface area contributed by atoms with Crippen LogP contribution in [0.25, 0.3) is 0 Å². The molecule has 1 aromatic heterocycles. The molecule has 2 aromatic rings. The highest BCUT2D eigenvalue weighted by atomic mass is 32.2. The van der Waals surface area contributed by atoms with Gasteiger partial charge in [-0.1, -0.05) is 42.0 Å². The Bertz CT molecular complexity index is 2000. The molecule has 68 heavy (non-hydrogen) atoms. The van der Waals surface area contributed by atoms with Gasteiger partial charge in [-0.05, 0) is 58.3 Å². The summed E-state index contributed by atoms with van der Waals surface area (Å²) in [5.41, 5.74) is 1.86. The van der Waals surface area contributed by atoms with E-state index in [1.807, 2.05) is 42.8 Å². The van der Waals surface area contributed by atoms with E-state index < -0.39 is 63.2 Å². The van der Waals surface area contributed by atoms with Gasteiger partial charge in [-0.15, -0.1) is 10.2 Å². The molecule has 0 spiro atoms. The van der Waals surface area contributed by atoms with Crippen molar-refractivity contribution >= 4 is 62.9 Å². The lowest BCUT2D eigenvalue weighted by atomic mass is 9.95. The standard InChI is InChI=1S/C30H49N7O12S.C14H19NO3/c1-2-17-49-18-5-8-22(38)13-14-24(30(45)46)32-27(41)15-12-21(29(43)44)20-23(39)7-4-16-31-26(40)11-6-19-50(47,48)35-28(42)10-3-9-25-33-36-37-34-25;1-11-5-7-12(8-6-11)13(16)4-3-9-15-14(17)10-18-2/h21,24H,2-20H2,1H3,(H,31,40)(H,32,41)(H,35,42)(H,43,44)(H,45,46)(H,33,34,36,37);5-8H,3-4,9-10H2,1-2H3,(H,15,17). The second-order valence-electron chi connectivity index (χ2n) is 15.8. The number of tetrazole rings is 1. The second kappa shape index (κ2) is 35.2. The van der Waals surface area contributed by atoms with Crippen LogP contribution in [0.15, 0.2) is 24.3 Å². The van der Waals surface area contributed by atoms with E-state index >= 15 is 0 Å². The fourth-order valence-corrected chi connectivity index (χ4v) is 7.18. The molecule has 2 rings (SSSR count). The lowest BCUT2D eigenvalue weighted by Gasteiger charge is -2.16. The van der Waals surface area contributed by atoms with Gasteiger partial charge in [0.25, 0.3) is 0 Å². The Kier molecular flexibility index (Phi) is 31.0. The highest BCUT2D eigenvalue weighted by molar-refractivity contribution is 7.90. The SMILES string of the molecule is CCCOCCCC(=O)CCC(NC(=O)CCC(CC(=O)CCCNC(=O)CCCS(=O)(=O)NC(=O)CCCc1nn[nH]n1)C(=O)O)C(=O)O.COCC(=O)NCCCC(=O)c1ccc(C)cc1. The topological polar surface area (TPSA) is 349 Å². The quantitative estimate of drug-likeness (QED) is 0.0376. The van der Waals surface area contributed by atoms with Crippen LogP contribution in [-0.4, -0.2) is 144 Å². The Morgan fingerprint density at radius 2 is 1.38 bits per heavy atom. The summed E-state index contributed by atoms with van der Waals surface area (Å²) in [5, 5.41) is 39.6. The van der Waals surface area contributed by atoms with E-state index in [2.05, 4.69) is 41.3 Å². The van der Waals surface area contributed by atoms with Crippen molar-refractivity contribution in [3.8, 4) is 0 Å². The molecule has 0 fully saturated rings. The number of aromatic nitrogens is 4. The van der Waals surface area contributed by atoms with Crippen LogP contribution in [0.3, 0.4) is 0 Å². The predicted octanol–water partition coefficient (Wildman–Crippen LogP) is 1.93. The largest absolute Gasteiger partial charge is 0.481 e. The van der Waals surface area contributed by atoms with Gasteiger partial charge in [-0.3, -0.25) is 43.1 Å². The van der Waals surface area contributed by atoms with Crippen LogP contribution < -0.4 is 20.7 Å². The zero-order valence-corrected chi connectivity index (χ0v) is 40.0. The number of carboxylic acid groups (broad SMARTS) is 2. The number of aryl methyl sites for hydroxylation is 2. The number of aliphatic carboxylic acids is 2. The molecule has 0 aliphatic rings. The number of nitrogens with one attached hydrogen (secondary N) is 5. The lowest BCUT2D eigenvalue weighted by molar-refractivity contribution is -0.145. The van der Waals surface area contributed by atoms with Crippen LogP contribution in [0.4, 0.5) is 0 Å². The van der Waals surface area contributed by atoms with Crippen LogP contribution in [0, 0.1) is 12.8 Å². The molecule has 2 atom stereocenters. The fraction of sp³-hybridized carbons (Fsp3) is 0.636. The minimum absolute atomic E-state index is 0.0505. The number of amides is 4. The number of benzene rings is 1. The van der Waals surface area contributed by atoms with Crippen molar-refractivity contribution < 1.29 is 71.3 Å². The highest BCUT2D eigenvalue weighted by Crippen LogP contribution is 2.15. The van der Waals surface area contributed by atoms with E-state index in [1.54, 1.807) is 0 Å². The molecular weight excluding hydrogens is 913 g/mol. The number of hydrogen-bond donors (Lipinski definition) is 7. The summed E-state index contributed by atoms with van der Waals surface area (Å²) in [4.78, 5) is 107. The van der Waals surface area contributed by atoms with Crippen molar-refractivity contribution in [2.24, 2.45) is 5.92 Å². The van der Waals surface area contributed by atoms with Gasteiger partial charge in [0.2, 0.25) is 33.7 Å². The minimum atomic E-state index is -3.94. The molecule has 0 saturated heterocycles. The summed E-state index contributed by atoms with van der Waals surface area (Å²) in [5.74, 6) is -6.34. The number of ether oxygens (including phenoxy) is 2. The first kappa shape index (κ1) is 60.0. The summed E-state index contributed by atoms with van der Waals surface area (Å²) in [6.45, 7) is 5.61. The Morgan fingerprint density at radius 1 is 0.721 bits per heavy atom. The van der Waals surface area contributed by atoms with Gasteiger partial charge in [0.15, 0.2) is 11.6 Å². The number of carboxylic acids is 2. The van der Waals surface area contributed by atoms with Gasteiger partial charge in [0.05, 0.1) is 11.7 Å². The monoisotopic (exact) mass is 980 g/mol. The molecule has 0 saturated carbocycles. The fourth-order valence-electron chi connectivity index (χ4n) is 6.11. The van der Waals surface area contributed by atoms with Gasteiger partial charge in [0, 0.05) is 96.8 Å². The number of hydrogen-bond acceptors (Lipinski definition) is 16. The maximum absolute atomic E-state index is 12.4. The first-order chi connectivity index (χ1) is 32.3. The second-order valence-corrected chi connectivity index (χ2v) is 17.7. The number of ketones is 3. The van der Waals surface area contributed by atoms with Crippen molar-refractivity contribution in [3.63, 3.8) is 0 Å². The van der Waals surface area contributed by atoms with Gasteiger partial charge in [0.1, 0.15) is 24.2 Å². The Labute approximate surface area is 396 Å². The maximum atomic E-state index is 12.4. The van der Waals surface area contributed by atoms with E-state index in [9.17, 15) is 61.8 Å². The third-order valence-corrected chi connectivity index (χ3v) is 11.1. The van der Waals surface area contributed by atoms with Gasteiger partial charge in [-0.2, -0.15) is 5.21 Å². The lowest BCUT2D eigenvalue weighted by Crippen LogP contribution is -2.41. The zero-order chi connectivity index (χ0) is 50.7. The normalized spacial score (nSPS) is 11.8. The third-order valence-electron chi connectivity index (χ3n) is 9.77. The summed E-state index contributed by atoms with van der Waals surface area (Å²) in [7, 11) is -2.46. The summed E-state index contributed by atoms with van der Waals surface area (Å²) >= 11 is 0. The van der Waals surface area contributed by atoms with E-state index in [4.69, 9.17) is 4.74 Å². The number of Topliss-reactive ketones (excluding diaryl/α,β-unsaturated/α-hetero) is 3. The van der Waals surface area contributed by atoms with Crippen LogP contribution in [0.1, 0.15) is 131 Å². The maximum Gasteiger partial charge on any atom is 0.326 e. The van der Waals surface area contributed by atoms with Crippen LogP contribution >= 0.6 is 0 Å². The molecule has 2 unspecified atom stereocenters. The molecule has 23 nitrogen and oxygen atoms in total. The number of aromatic amines is 1. The molecule has 7 N–H and O–H groups in total. The highest BCUT2D eigenvalue weighted by Gasteiger charge is 2.25. The first-order valence-electron chi connectivity index (χ1n) is 22.6. The van der Waals surface area contributed by atoms with Crippen molar-refractivity contribution in [3.05, 3.63) is 41.2 Å². The first-order valence-corrected chi connectivity index (χ1v) is 24.2. The van der Waals surface area contributed by atoms with Crippen LogP contribution in [-0.2, 0) is 64.3 Å². The van der Waals surface area contributed by atoms with E-state index in [1.165, 1.54) is 7.11 Å². The number of nitrogens with zero attached hydrogens (tertiary/aromatic N) is 3. The summed E-state index contributed by atoms with van der Waals surface area (Å²) < 4.78 is 36.1. The van der Waals surface area contributed by atoms with Gasteiger partial charge >= 0.3 is 11.9 Å². The van der Waals surface area contributed by atoms with Crippen LogP contribution in [0.2, 0.25) is 0 Å².